The third-order valence-corrected chi connectivity index (χ3v) is 5.44. The minimum Gasteiger partial charge on any atom is -0.378 e. The monoisotopic (exact) mass is 302 g/mol. The van der Waals surface area contributed by atoms with Gasteiger partial charge in [0, 0.05) is 25.3 Å². The van der Waals surface area contributed by atoms with E-state index in [1.165, 1.54) is 0 Å². The van der Waals surface area contributed by atoms with Crippen LogP contribution in [-0.4, -0.2) is 31.9 Å². The number of hydrogen-bond donors (Lipinski definition) is 0. The zero-order valence-electron chi connectivity index (χ0n) is 12.6. The van der Waals surface area contributed by atoms with E-state index >= 15 is 0 Å². The molecule has 0 aliphatic rings. The Morgan fingerprint density at radius 2 is 1.57 bits per heavy atom. The molecule has 2 rings (SSSR count). The van der Waals surface area contributed by atoms with Crippen LogP contribution in [0, 0.1) is 0 Å². The lowest BCUT2D eigenvalue weighted by molar-refractivity contribution is 0.102. The molecule has 0 bridgehead atoms. The molecule has 0 aliphatic heterocycles. The highest BCUT2D eigenvalue weighted by Gasteiger charge is 2.29. The second kappa shape index (κ2) is 6.22. The summed E-state index contributed by atoms with van der Waals surface area (Å²) in [4.78, 5) is 15.0. The summed E-state index contributed by atoms with van der Waals surface area (Å²) in [5.41, 5.74) is 1.64. The van der Waals surface area contributed by atoms with Gasteiger partial charge < -0.3 is 4.90 Å². The Morgan fingerprint density at radius 1 is 1.00 bits per heavy atom. The number of carbonyl (C=O) groups is 1. The highest BCUT2D eigenvalue weighted by Crippen LogP contribution is 2.19. The number of rotatable bonds is 5. The molecular formula is C17H20NO2S+. The number of ketones is 1. The van der Waals surface area contributed by atoms with Gasteiger partial charge in [0.1, 0.15) is 16.2 Å². The van der Waals surface area contributed by atoms with E-state index in [4.69, 9.17) is 0 Å². The maximum Gasteiger partial charge on any atom is 0.212 e. The fourth-order valence-electron chi connectivity index (χ4n) is 2.07. The molecule has 0 saturated heterocycles. The van der Waals surface area contributed by atoms with Gasteiger partial charge in [-0.15, -0.1) is 0 Å². The van der Waals surface area contributed by atoms with Crippen molar-refractivity contribution in [2.45, 2.75) is 4.90 Å². The van der Waals surface area contributed by atoms with Crippen LogP contribution in [0.4, 0.5) is 5.69 Å². The first-order chi connectivity index (χ1) is 9.90. The summed E-state index contributed by atoms with van der Waals surface area (Å²) >= 11 is 0. The Bertz CT molecular complexity index is 663. The SMILES string of the molecule is CN(C)c1ccc(C(=O)C[S+](C)(=O)c2ccccc2)cc1. The fraction of sp³-hybridized carbons (Fsp3) is 0.235. The molecule has 0 saturated carbocycles. The lowest BCUT2D eigenvalue weighted by Crippen LogP contribution is -2.21. The quantitative estimate of drug-likeness (QED) is 0.629. The number of Topliss-reactive ketones (excluding diaryl/α,β-unsaturated/α-hetero) is 1. The zero-order chi connectivity index (χ0) is 15.5. The number of nitrogens with zero attached hydrogens (tertiary/aromatic N) is 1. The Kier molecular flexibility index (Phi) is 4.58. The maximum absolute atomic E-state index is 12.7. The van der Waals surface area contributed by atoms with Crippen molar-refractivity contribution in [3.8, 4) is 0 Å². The van der Waals surface area contributed by atoms with Crippen molar-refractivity contribution < 1.29 is 9.00 Å². The van der Waals surface area contributed by atoms with Crippen molar-refractivity contribution in [2.24, 2.45) is 0 Å². The molecular weight excluding hydrogens is 282 g/mol. The van der Waals surface area contributed by atoms with Crippen LogP contribution in [0.1, 0.15) is 10.4 Å². The summed E-state index contributed by atoms with van der Waals surface area (Å²) in [6, 6.07) is 16.6. The summed E-state index contributed by atoms with van der Waals surface area (Å²) in [7, 11) is 1.55. The second-order valence-corrected chi connectivity index (χ2v) is 8.10. The van der Waals surface area contributed by atoms with Crippen molar-refractivity contribution in [3.05, 3.63) is 60.2 Å². The fourth-order valence-corrected chi connectivity index (χ4v) is 3.64. The third kappa shape index (κ3) is 3.79. The van der Waals surface area contributed by atoms with Gasteiger partial charge in [-0.3, -0.25) is 4.79 Å². The predicted octanol–water partition coefficient (Wildman–Crippen LogP) is 3.12. The van der Waals surface area contributed by atoms with E-state index < -0.39 is 9.93 Å². The molecule has 0 aliphatic carbocycles. The van der Waals surface area contributed by atoms with Gasteiger partial charge in [-0.2, -0.15) is 0 Å². The van der Waals surface area contributed by atoms with Crippen LogP contribution in [0.5, 0.6) is 0 Å². The molecule has 110 valence electrons. The summed E-state index contributed by atoms with van der Waals surface area (Å²) in [6.07, 6.45) is 1.65. The van der Waals surface area contributed by atoms with Crippen molar-refractivity contribution in [1.29, 1.82) is 0 Å². The summed E-state index contributed by atoms with van der Waals surface area (Å²) in [5, 5.41) is 0. The molecule has 0 N–H and O–H groups in total. The number of benzene rings is 2. The molecule has 2 aromatic carbocycles. The van der Waals surface area contributed by atoms with Crippen molar-refractivity contribution in [3.63, 3.8) is 0 Å². The first-order valence-corrected chi connectivity index (χ1v) is 8.86. The first-order valence-electron chi connectivity index (χ1n) is 6.73. The van der Waals surface area contributed by atoms with Crippen LogP contribution in [0.25, 0.3) is 0 Å². The highest BCUT2D eigenvalue weighted by molar-refractivity contribution is 8.03. The average molecular weight is 302 g/mol. The largest absolute Gasteiger partial charge is 0.378 e. The molecule has 0 aromatic heterocycles. The van der Waals surface area contributed by atoms with Crippen LogP contribution in [0.15, 0.2) is 59.5 Å². The first kappa shape index (κ1) is 15.4. The predicted molar refractivity (Wildman–Crippen MR) is 88.7 cm³/mol. The molecule has 1 atom stereocenters. The van der Waals surface area contributed by atoms with E-state index in [1.807, 2.05) is 61.5 Å². The molecule has 0 spiro atoms. The second-order valence-electron chi connectivity index (χ2n) is 5.33. The standard InChI is InChI=1S/C17H20NO2S/c1-18(2)15-11-9-14(10-12-15)17(19)13-21(3,20)16-7-5-4-6-8-16/h4-12H,13H2,1-3H3/q+1. The maximum atomic E-state index is 12.7. The topological polar surface area (TPSA) is 37.4 Å². The van der Waals surface area contributed by atoms with Gasteiger partial charge in [0.2, 0.25) is 5.78 Å². The van der Waals surface area contributed by atoms with Crippen LogP contribution in [0.2, 0.25) is 0 Å². The molecule has 0 heterocycles. The van der Waals surface area contributed by atoms with Gasteiger partial charge in [0.05, 0.1) is 0 Å². The van der Waals surface area contributed by atoms with Crippen LogP contribution < -0.4 is 4.90 Å². The highest BCUT2D eigenvalue weighted by atomic mass is 32.2. The van der Waals surface area contributed by atoms with E-state index in [0.717, 1.165) is 10.6 Å². The normalized spacial score (nSPS) is 13.5. The smallest absolute Gasteiger partial charge is 0.212 e. The minimum absolute atomic E-state index is 0.0400. The molecule has 4 heteroatoms. The van der Waals surface area contributed by atoms with Gasteiger partial charge in [-0.25, -0.2) is 0 Å². The molecule has 3 nitrogen and oxygen atoms in total. The lowest BCUT2D eigenvalue weighted by atomic mass is 10.1. The van der Waals surface area contributed by atoms with Crippen molar-refractivity contribution in [2.75, 3.05) is 31.0 Å². The van der Waals surface area contributed by atoms with E-state index in [9.17, 15) is 9.00 Å². The summed E-state index contributed by atoms with van der Waals surface area (Å²) in [5.74, 6) is -0.0464. The van der Waals surface area contributed by atoms with Gasteiger partial charge in [0.25, 0.3) is 0 Å². The van der Waals surface area contributed by atoms with Crippen LogP contribution in [-0.2, 0) is 14.1 Å². The number of hydrogen-bond acceptors (Lipinski definition) is 3. The average Bonchev–Trinajstić information content (AvgIpc) is 2.48. The molecule has 21 heavy (non-hydrogen) atoms. The molecule has 0 amide bonds. The molecule has 2 aromatic rings. The molecule has 0 radical (unpaired) electrons. The lowest BCUT2D eigenvalue weighted by Gasteiger charge is -2.12. The van der Waals surface area contributed by atoms with Gasteiger partial charge in [-0.05, 0) is 36.4 Å². The van der Waals surface area contributed by atoms with E-state index in [2.05, 4.69) is 0 Å². The van der Waals surface area contributed by atoms with Crippen LogP contribution >= 0.6 is 0 Å². The summed E-state index contributed by atoms with van der Waals surface area (Å²) < 4.78 is 12.7. The summed E-state index contributed by atoms with van der Waals surface area (Å²) in [6.45, 7) is 0. The van der Waals surface area contributed by atoms with E-state index in [-0.39, 0.29) is 11.5 Å². The van der Waals surface area contributed by atoms with Gasteiger partial charge >= 0.3 is 0 Å². The Labute approximate surface area is 127 Å². The van der Waals surface area contributed by atoms with E-state index in [1.54, 1.807) is 18.4 Å². The Hall–Kier alpha value is -1.94. The Morgan fingerprint density at radius 3 is 2.10 bits per heavy atom. The van der Waals surface area contributed by atoms with Gasteiger partial charge in [0.15, 0.2) is 10.6 Å². The minimum atomic E-state index is -2.34. The van der Waals surface area contributed by atoms with E-state index in [0.29, 0.717) is 5.56 Å². The molecule has 0 fully saturated rings. The third-order valence-electron chi connectivity index (χ3n) is 3.35. The molecule has 1 unspecified atom stereocenters. The van der Waals surface area contributed by atoms with Crippen molar-refractivity contribution >= 4 is 21.4 Å². The number of anilines is 1. The Balaban J connectivity index is 2.16. The van der Waals surface area contributed by atoms with Crippen LogP contribution in [0.3, 0.4) is 0 Å². The number of carbonyl (C=O) groups excluding carboxylic acids is 1. The van der Waals surface area contributed by atoms with Crippen molar-refractivity contribution in [1.82, 2.24) is 0 Å². The zero-order valence-corrected chi connectivity index (χ0v) is 13.4. The van der Waals surface area contributed by atoms with Gasteiger partial charge in [-0.1, -0.05) is 22.4 Å².